The van der Waals surface area contributed by atoms with Gasteiger partial charge in [0.05, 0.1) is 30.2 Å². The number of ether oxygens (including phenoxy) is 1. The van der Waals surface area contributed by atoms with Crippen molar-refractivity contribution in [3.05, 3.63) is 77.0 Å². The summed E-state index contributed by atoms with van der Waals surface area (Å²) in [5, 5.41) is 6.90. The first-order valence-corrected chi connectivity index (χ1v) is 15.2. The fraction of sp³-hybridized carbons (Fsp3) is 0.433. The van der Waals surface area contributed by atoms with Crippen LogP contribution in [0.15, 0.2) is 65.5 Å². The predicted molar refractivity (Wildman–Crippen MR) is 156 cm³/mol. The van der Waals surface area contributed by atoms with Crippen LogP contribution in [0.3, 0.4) is 0 Å². The van der Waals surface area contributed by atoms with E-state index in [9.17, 15) is 14.0 Å². The molecule has 6 rings (SSSR count). The molecule has 5 heterocycles. The summed E-state index contributed by atoms with van der Waals surface area (Å²) >= 11 is 1.72. The molecule has 0 radical (unpaired) electrons. The third-order valence-corrected chi connectivity index (χ3v) is 8.81. The Balaban J connectivity index is 1.27. The van der Waals surface area contributed by atoms with Gasteiger partial charge in [-0.1, -0.05) is 12.1 Å². The monoisotopic (exact) mass is 579 g/mol. The minimum atomic E-state index is -0.683. The first-order chi connectivity index (χ1) is 19.6. The van der Waals surface area contributed by atoms with Crippen LogP contribution < -0.4 is 4.90 Å². The van der Waals surface area contributed by atoms with Crippen molar-refractivity contribution in [3.63, 3.8) is 0 Å². The van der Waals surface area contributed by atoms with E-state index >= 15 is 0 Å². The smallest absolute Gasteiger partial charge is 0.345 e. The predicted octanol–water partition coefficient (Wildman–Crippen LogP) is 3.77. The average Bonchev–Trinajstić information content (AvgIpc) is 3.71. The van der Waals surface area contributed by atoms with Crippen molar-refractivity contribution in [1.82, 2.24) is 19.7 Å². The average molecular weight is 580 g/mol. The largest absolute Gasteiger partial charge is 0.456 e. The van der Waals surface area contributed by atoms with Gasteiger partial charge in [0.1, 0.15) is 41.2 Å². The molecular weight excluding hydrogens is 543 g/mol. The number of carbonyl (C=O) groups excluding carboxylic acids is 2. The topological polar surface area (TPSA) is 70.9 Å². The zero-order chi connectivity index (χ0) is 28.9. The van der Waals surface area contributed by atoms with Gasteiger partial charge in [0.25, 0.3) is 5.91 Å². The molecule has 0 N–H and O–H groups in total. The van der Waals surface area contributed by atoms with Gasteiger partial charge in [-0.25, -0.2) is 13.9 Å². The number of para-hydroxylation sites is 1. The number of anilines is 1. The van der Waals surface area contributed by atoms with Crippen LogP contribution in [0.1, 0.15) is 26.5 Å². The Kier molecular flexibility index (Phi) is 7.07. The molecule has 4 aliphatic rings. The lowest BCUT2D eigenvalue weighted by Gasteiger charge is -2.44. The fourth-order valence-corrected chi connectivity index (χ4v) is 6.96. The summed E-state index contributed by atoms with van der Waals surface area (Å²) in [7, 11) is 0. The number of rotatable bonds is 5. The maximum atomic E-state index is 14.7. The summed E-state index contributed by atoms with van der Waals surface area (Å²) in [6.45, 7) is 11.2. The molecule has 11 heteroatoms. The molecule has 216 valence electrons. The number of halogens is 1. The Hall–Kier alpha value is -3.41. The van der Waals surface area contributed by atoms with Gasteiger partial charge in [-0.3, -0.25) is 4.79 Å². The number of amides is 1. The number of aryl methyl sites for hydroxylation is 1. The minimum absolute atomic E-state index is 0.0834. The van der Waals surface area contributed by atoms with E-state index in [4.69, 9.17) is 4.74 Å². The summed E-state index contributed by atoms with van der Waals surface area (Å²) in [5.74, 6) is 1.51. The summed E-state index contributed by atoms with van der Waals surface area (Å²) < 4.78 is 22.5. The van der Waals surface area contributed by atoms with Gasteiger partial charge < -0.3 is 14.5 Å². The summed E-state index contributed by atoms with van der Waals surface area (Å²) in [4.78, 5) is 31.4. The van der Waals surface area contributed by atoms with Crippen LogP contribution in [0.2, 0.25) is 0 Å². The first-order valence-electron chi connectivity index (χ1n) is 14.0. The lowest BCUT2D eigenvalue weighted by atomic mass is 10.1. The number of quaternary nitrogens is 1. The molecule has 0 aliphatic carbocycles. The van der Waals surface area contributed by atoms with Crippen molar-refractivity contribution >= 4 is 29.5 Å². The molecule has 0 bridgehead atoms. The highest BCUT2D eigenvalue weighted by Crippen LogP contribution is 2.44. The first kappa shape index (κ1) is 27.7. The Morgan fingerprint density at radius 2 is 1.85 bits per heavy atom. The molecule has 1 aromatic heterocycles. The number of fused-ring (bicyclic) bond motifs is 1. The third-order valence-electron chi connectivity index (χ3n) is 7.84. The van der Waals surface area contributed by atoms with E-state index in [0.717, 1.165) is 23.0 Å². The molecule has 1 atom stereocenters. The fourth-order valence-electron chi connectivity index (χ4n) is 6.01. The molecule has 0 unspecified atom stereocenters. The number of aromatic nitrogens is 2. The minimum Gasteiger partial charge on any atom is -0.456 e. The number of piperazine rings is 1. The van der Waals surface area contributed by atoms with Crippen LogP contribution >= 0.6 is 11.8 Å². The Labute approximate surface area is 244 Å². The second-order valence-corrected chi connectivity index (χ2v) is 12.9. The maximum Gasteiger partial charge on any atom is 0.345 e. The molecule has 2 aromatic rings. The summed E-state index contributed by atoms with van der Waals surface area (Å²) in [6.07, 6.45) is 5.99. The summed E-state index contributed by atoms with van der Waals surface area (Å²) in [5.41, 5.74) is 2.25. The number of thioether (sulfide) groups is 1. The van der Waals surface area contributed by atoms with Gasteiger partial charge >= 0.3 is 5.97 Å². The quantitative estimate of drug-likeness (QED) is 0.395. The molecule has 4 aliphatic heterocycles. The van der Waals surface area contributed by atoms with Gasteiger partial charge in [0, 0.05) is 37.5 Å². The zero-order valence-electron chi connectivity index (χ0n) is 24.0. The van der Waals surface area contributed by atoms with Crippen LogP contribution in [0.4, 0.5) is 10.2 Å². The molecule has 9 nitrogen and oxygen atoms in total. The normalized spacial score (nSPS) is 22.9. The SMILES string of the molecule is Cc1cc(N2CCN([N@@+]34C=CC=C3C(C(=O)OC(C)(C)C)=C(C(=O)N3CCSC3)C4)CC2)n(-c2ccccc2F)n1. The standard InChI is InChI=1S/C30H36FN6O3S/c1-21-18-26(36(32-21)24-9-6-5-8-23(24)31)33-11-13-35(14-12-33)37-16-7-10-25(37)27(29(39)40-30(2,3)4)22(19-37)28(38)34-15-17-41-20-34/h5-10,16,18H,11-15,17,19-20H2,1-4H3/q+1/t37-/m1/s1. The second kappa shape index (κ2) is 10.5. The molecule has 1 amide bonds. The van der Waals surface area contributed by atoms with Gasteiger partial charge in [0.15, 0.2) is 5.70 Å². The van der Waals surface area contributed by atoms with Crippen molar-refractivity contribution in [2.24, 2.45) is 0 Å². The Morgan fingerprint density at radius 1 is 1.10 bits per heavy atom. The number of nitrogens with zero attached hydrogens (tertiary/aromatic N) is 6. The van der Waals surface area contributed by atoms with Crippen LogP contribution in [-0.2, 0) is 14.3 Å². The highest BCUT2D eigenvalue weighted by molar-refractivity contribution is 7.99. The zero-order valence-corrected chi connectivity index (χ0v) is 24.8. The molecule has 41 heavy (non-hydrogen) atoms. The number of hydrogen-bond donors (Lipinski definition) is 0. The van der Waals surface area contributed by atoms with E-state index in [2.05, 4.69) is 21.2 Å². The second-order valence-electron chi connectivity index (χ2n) is 11.8. The van der Waals surface area contributed by atoms with Gasteiger partial charge in [-0.2, -0.15) is 9.69 Å². The van der Waals surface area contributed by atoms with Crippen molar-refractivity contribution in [1.29, 1.82) is 0 Å². The van der Waals surface area contributed by atoms with Gasteiger partial charge in [-0.05, 0) is 45.9 Å². The molecule has 2 fully saturated rings. The van der Waals surface area contributed by atoms with E-state index in [1.165, 1.54) is 6.07 Å². The lowest BCUT2D eigenvalue weighted by molar-refractivity contribution is -0.948. The molecule has 0 spiro atoms. The number of allylic oxidation sites excluding steroid dienone is 2. The van der Waals surface area contributed by atoms with E-state index in [-0.39, 0.29) is 11.7 Å². The van der Waals surface area contributed by atoms with Crippen LogP contribution in [0, 0.1) is 12.7 Å². The van der Waals surface area contributed by atoms with Crippen molar-refractivity contribution in [2.75, 3.05) is 55.8 Å². The number of carbonyl (C=O) groups is 2. The third kappa shape index (κ3) is 5.00. The van der Waals surface area contributed by atoms with Gasteiger partial charge in [-0.15, -0.1) is 16.8 Å². The van der Waals surface area contributed by atoms with Gasteiger partial charge in [0.2, 0.25) is 0 Å². The Morgan fingerprint density at radius 3 is 2.54 bits per heavy atom. The van der Waals surface area contributed by atoms with Crippen LogP contribution in [0.5, 0.6) is 0 Å². The molecule has 0 saturated carbocycles. The number of hydrogen-bond acceptors (Lipinski definition) is 7. The number of esters is 1. The molecular formula is C30H36FN6O3S+. The highest BCUT2D eigenvalue weighted by Gasteiger charge is 2.54. The van der Waals surface area contributed by atoms with E-state index < -0.39 is 11.6 Å². The lowest BCUT2D eigenvalue weighted by Crippen LogP contribution is -2.61. The van der Waals surface area contributed by atoms with Crippen LogP contribution in [-0.4, -0.2) is 92.7 Å². The molecule has 1 aromatic carbocycles. The van der Waals surface area contributed by atoms with E-state index in [1.54, 1.807) is 28.6 Å². The maximum absolute atomic E-state index is 14.7. The highest BCUT2D eigenvalue weighted by atomic mass is 32.2. The van der Waals surface area contributed by atoms with E-state index in [0.29, 0.717) is 66.6 Å². The molecule has 2 saturated heterocycles. The number of benzene rings is 1. The summed E-state index contributed by atoms with van der Waals surface area (Å²) in [6, 6.07) is 8.65. The van der Waals surface area contributed by atoms with Crippen LogP contribution in [0.25, 0.3) is 5.69 Å². The van der Waals surface area contributed by atoms with Crippen molar-refractivity contribution in [2.45, 2.75) is 33.3 Å². The van der Waals surface area contributed by atoms with E-state index in [1.807, 2.05) is 56.9 Å². The van der Waals surface area contributed by atoms with Crippen molar-refractivity contribution in [3.8, 4) is 5.69 Å². The van der Waals surface area contributed by atoms with Crippen molar-refractivity contribution < 1.29 is 23.3 Å². The Bertz CT molecular complexity index is 1480.